The molecule has 0 aliphatic rings. The fourth-order valence-electron chi connectivity index (χ4n) is 1.92. The molecule has 0 spiro atoms. The summed E-state index contributed by atoms with van der Waals surface area (Å²) >= 11 is 0. The summed E-state index contributed by atoms with van der Waals surface area (Å²) in [7, 11) is 1.67. The van der Waals surface area contributed by atoms with Crippen molar-refractivity contribution < 1.29 is 14.3 Å². The van der Waals surface area contributed by atoms with Crippen LogP contribution < -0.4 is 16.0 Å². The van der Waals surface area contributed by atoms with E-state index in [-0.39, 0.29) is 42.0 Å². The Kier molecular flexibility index (Phi) is 14.2. The van der Waals surface area contributed by atoms with E-state index in [0.717, 1.165) is 6.54 Å². The van der Waals surface area contributed by atoms with Crippen LogP contribution in [0.5, 0.6) is 0 Å². The molecule has 25 heavy (non-hydrogen) atoms. The Labute approximate surface area is 170 Å². The van der Waals surface area contributed by atoms with Crippen molar-refractivity contribution in [3.63, 3.8) is 0 Å². The molecule has 0 rings (SSSR count). The first-order valence-electron chi connectivity index (χ1n) is 8.62. The number of guanidine groups is 1. The van der Waals surface area contributed by atoms with Crippen LogP contribution in [0.3, 0.4) is 0 Å². The van der Waals surface area contributed by atoms with Crippen LogP contribution in [0.2, 0.25) is 0 Å². The molecule has 8 heteroatoms. The normalized spacial score (nSPS) is 14.4. The van der Waals surface area contributed by atoms with Crippen LogP contribution in [0, 0.1) is 5.92 Å². The molecule has 0 aromatic rings. The number of rotatable bonds is 8. The molecule has 2 unspecified atom stereocenters. The van der Waals surface area contributed by atoms with E-state index in [2.05, 4.69) is 20.9 Å². The molecule has 1 amide bonds. The van der Waals surface area contributed by atoms with E-state index in [1.165, 1.54) is 0 Å². The molecule has 150 valence electrons. The zero-order chi connectivity index (χ0) is 18.8. The van der Waals surface area contributed by atoms with Crippen molar-refractivity contribution in [2.24, 2.45) is 10.9 Å². The number of nitrogens with one attached hydrogen (secondary N) is 3. The summed E-state index contributed by atoms with van der Waals surface area (Å²) in [6, 6.07) is 0.0390. The molecule has 3 N–H and O–H groups in total. The van der Waals surface area contributed by atoms with Gasteiger partial charge in [0.2, 0.25) is 0 Å². The molecule has 0 fully saturated rings. The largest absolute Gasteiger partial charge is 0.444 e. The van der Waals surface area contributed by atoms with Crippen LogP contribution in [-0.2, 0) is 9.47 Å². The number of carbonyl (C=O) groups is 1. The van der Waals surface area contributed by atoms with Crippen LogP contribution in [0.1, 0.15) is 48.5 Å². The van der Waals surface area contributed by atoms with E-state index in [9.17, 15) is 4.79 Å². The van der Waals surface area contributed by atoms with E-state index in [0.29, 0.717) is 19.1 Å². The van der Waals surface area contributed by atoms with Crippen LogP contribution in [0.4, 0.5) is 4.79 Å². The Morgan fingerprint density at radius 3 is 2.20 bits per heavy atom. The predicted octanol–water partition coefficient (Wildman–Crippen LogP) is 2.74. The van der Waals surface area contributed by atoms with Gasteiger partial charge < -0.3 is 25.4 Å². The van der Waals surface area contributed by atoms with Gasteiger partial charge in [-0.25, -0.2) is 4.79 Å². The van der Waals surface area contributed by atoms with Gasteiger partial charge in [-0.3, -0.25) is 4.99 Å². The number of alkyl carbamates (subject to hydrolysis) is 1. The number of ether oxygens (including phenoxy) is 2. The summed E-state index contributed by atoms with van der Waals surface area (Å²) in [4.78, 5) is 16.6. The topological polar surface area (TPSA) is 84.0 Å². The molecule has 0 radical (unpaired) electrons. The molecule has 0 aliphatic heterocycles. The maximum absolute atomic E-state index is 12.0. The average molecular weight is 472 g/mol. The van der Waals surface area contributed by atoms with Crippen molar-refractivity contribution in [3.05, 3.63) is 0 Å². The molecule has 0 aliphatic carbocycles. The van der Waals surface area contributed by atoms with Gasteiger partial charge in [0.05, 0.1) is 19.2 Å². The zero-order valence-corrected chi connectivity index (χ0v) is 19.3. The van der Waals surface area contributed by atoms with Crippen molar-refractivity contribution in [2.45, 2.75) is 66.2 Å². The van der Waals surface area contributed by atoms with Gasteiger partial charge in [0.15, 0.2) is 5.96 Å². The van der Waals surface area contributed by atoms with Crippen molar-refractivity contribution in [2.75, 3.05) is 26.8 Å². The first-order valence-corrected chi connectivity index (χ1v) is 8.62. The lowest BCUT2D eigenvalue weighted by Gasteiger charge is -2.25. The fourth-order valence-corrected chi connectivity index (χ4v) is 1.92. The second-order valence-electron chi connectivity index (χ2n) is 7.22. The summed E-state index contributed by atoms with van der Waals surface area (Å²) in [5.74, 6) is 0.944. The summed E-state index contributed by atoms with van der Waals surface area (Å²) < 4.78 is 10.4. The molecular weight excluding hydrogens is 435 g/mol. The van der Waals surface area contributed by atoms with Gasteiger partial charge in [0.25, 0.3) is 0 Å². The number of methoxy groups -OCH3 is 1. The van der Waals surface area contributed by atoms with E-state index in [4.69, 9.17) is 9.47 Å². The second kappa shape index (κ2) is 13.4. The van der Waals surface area contributed by atoms with E-state index < -0.39 is 11.7 Å². The molecule has 0 aromatic carbocycles. The lowest BCUT2D eigenvalue weighted by atomic mass is 10.1. The minimum atomic E-state index is -0.513. The van der Waals surface area contributed by atoms with Crippen LogP contribution in [0.25, 0.3) is 0 Å². The van der Waals surface area contributed by atoms with Crippen molar-refractivity contribution in [1.29, 1.82) is 0 Å². The van der Waals surface area contributed by atoms with Gasteiger partial charge in [-0.15, -0.1) is 24.0 Å². The molecular formula is C17H37IN4O3. The molecule has 0 heterocycles. The van der Waals surface area contributed by atoms with Gasteiger partial charge in [0.1, 0.15) is 5.60 Å². The highest BCUT2D eigenvalue weighted by Crippen LogP contribution is 2.09. The standard InChI is InChI=1S/C17H36N4O3.HI/c1-9-18-15(20-13(4)11-23-8)19-10-14(12(2)3)21-16(22)24-17(5,6)7;/h12-14H,9-11H2,1-8H3,(H,21,22)(H2,18,19,20);1H. The quantitative estimate of drug-likeness (QED) is 0.288. The summed E-state index contributed by atoms with van der Waals surface area (Å²) in [6.07, 6.45) is -0.415. The lowest BCUT2D eigenvalue weighted by molar-refractivity contribution is 0.0493. The van der Waals surface area contributed by atoms with E-state index in [1.807, 2.05) is 48.5 Å². The van der Waals surface area contributed by atoms with Gasteiger partial charge in [-0.05, 0) is 40.5 Å². The average Bonchev–Trinajstić information content (AvgIpc) is 2.41. The number of carbonyl (C=O) groups excluding carboxylic acids is 1. The third kappa shape index (κ3) is 14.1. The molecule has 2 atom stereocenters. The van der Waals surface area contributed by atoms with Crippen LogP contribution in [0.15, 0.2) is 4.99 Å². The zero-order valence-electron chi connectivity index (χ0n) is 16.9. The number of hydrogen-bond donors (Lipinski definition) is 3. The first kappa shape index (κ1) is 26.5. The molecule has 0 saturated heterocycles. The Bertz CT molecular complexity index is 398. The Hall–Kier alpha value is -0.770. The minimum absolute atomic E-state index is 0. The number of amides is 1. The Balaban J connectivity index is 0. The SMILES string of the molecule is CCNC(=NCC(NC(=O)OC(C)(C)C)C(C)C)NC(C)COC.I. The highest BCUT2D eigenvalue weighted by molar-refractivity contribution is 14.0. The Morgan fingerprint density at radius 2 is 1.76 bits per heavy atom. The summed E-state index contributed by atoms with van der Waals surface area (Å²) in [5, 5.41) is 9.37. The smallest absolute Gasteiger partial charge is 0.407 e. The van der Waals surface area contributed by atoms with Gasteiger partial charge in [-0.1, -0.05) is 13.8 Å². The fraction of sp³-hybridized carbons (Fsp3) is 0.882. The van der Waals surface area contributed by atoms with Gasteiger partial charge >= 0.3 is 6.09 Å². The molecule has 0 aromatic heterocycles. The van der Waals surface area contributed by atoms with Gasteiger partial charge in [-0.2, -0.15) is 0 Å². The molecule has 7 nitrogen and oxygen atoms in total. The maximum atomic E-state index is 12.0. The van der Waals surface area contributed by atoms with Crippen molar-refractivity contribution in [1.82, 2.24) is 16.0 Å². The third-order valence-corrected chi connectivity index (χ3v) is 3.10. The lowest BCUT2D eigenvalue weighted by Crippen LogP contribution is -2.46. The monoisotopic (exact) mass is 472 g/mol. The third-order valence-electron chi connectivity index (χ3n) is 3.10. The maximum Gasteiger partial charge on any atom is 0.407 e. The summed E-state index contributed by atoms with van der Waals surface area (Å²) in [6.45, 7) is 15.5. The van der Waals surface area contributed by atoms with Crippen LogP contribution >= 0.6 is 24.0 Å². The second-order valence-corrected chi connectivity index (χ2v) is 7.22. The highest BCUT2D eigenvalue weighted by Gasteiger charge is 2.21. The molecule has 0 saturated carbocycles. The first-order chi connectivity index (χ1) is 11.1. The number of aliphatic imine (C=N–C) groups is 1. The van der Waals surface area contributed by atoms with Crippen molar-refractivity contribution >= 4 is 36.0 Å². The summed E-state index contributed by atoms with van der Waals surface area (Å²) in [5.41, 5.74) is -0.513. The number of halogens is 1. The highest BCUT2D eigenvalue weighted by atomic mass is 127. The van der Waals surface area contributed by atoms with Crippen molar-refractivity contribution in [3.8, 4) is 0 Å². The number of hydrogen-bond acceptors (Lipinski definition) is 4. The van der Waals surface area contributed by atoms with Gasteiger partial charge in [0, 0.05) is 19.7 Å². The molecule has 0 bridgehead atoms. The Morgan fingerprint density at radius 1 is 1.16 bits per heavy atom. The minimum Gasteiger partial charge on any atom is -0.444 e. The van der Waals surface area contributed by atoms with Crippen LogP contribution in [-0.4, -0.2) is 56.5 Å². The number of nitrogens with zero attached hydrogens (tertiary/aromatic N) is 1. The van der Waals surface area contributed by atoms with E-state index in [1.54, 1.807) is 7.11 Å². The van der Waals surface area contributed by atoms with E-state index >= 15 is 0 Å². The predicted molar refractivity (Wildman–Crippen MR) is 114 cm³/mol.